The van der Waals surface area contributed by atoms with Gasteiger partial charge in [-0.2, -0.15) is 0 Å². The highest BCUT2D eigenvalue weighted by Crippen LogP contribution is 2.26. The molecule has 1 aromatic heterocycles. The zero-order valence-corrected chi connectivity index (χ0v) is 9.84. The molecule has 2 heterocycles. The van der Waals surface area contributed by atoms with Gasteiger partial charge in [-0.1, -0.05) is 0 Å². The molecule has 0 saturated carbocycles. The summed E-state index contributed by atoms with van der Waals surface area (Å²) in [5.41, 5.74) is 0.528. The molecule has 1 aliphatic rings. The molecule has 1 unspecified atom stereocenters. The highest BCUT2D eigenvalue weighted by molar-refractivity contribution is 7.13. The summed E-state index contributed by atoms with van der Waals surface area (Å²) in [4.78, 5) is 14.7. The molecule has 2 rings (SSSR count). The van der Waals surface area contributed by atoms with Crippen LogP contribution in [0, 0.1) is 0 Å². The van der Waals surface area contributed by atoms with Crippen molar-refractivity contribution < 1.29 is 14.6 Å². The predicted octanol–water partition coefficient (Wildman–Crippen LogP) is 1.36. The largest absolute Gasteiger partial charge is 0.481 e. The van der Waals surface area contributed by atoms with E-state index in [1.807, 2.05) is 0 Å². The Balaban J connectivity index is 1.99. The number of anilines is 1. The topological polar surface area (TPSA) is 71.5 Å². The number of carbonyl (C=O) groups is 1. The summed E-state index contributed by atoms with van der Waals surface area (Å²) in [7, 11) is 0. The summed E-state index contributed by atoms with van der Waals surface area (Å²) < 4.78 is 5.32. The molecule has 1 atom stereocenters. The van der Waals surface area contributed by atoms with Crippen LogP contribution in [0.3, 0.4) is 0 Å². The highest BCUT2D eigenvalue weighted by atomic mass is 32.1. The zero-order chi connectivity index (χ0) is 11.6. The summed E-state index contributed by atoms with van der Waals surface area (Å²) in [5.74, 6) is -0.854. The summed E-state index contributed by atoms with van der Waals surface area (Å²) >= 11 is 1.44. The second-order valence-electron chi connectivity index (χ2n) is 4.20. The van der Waals surface area contributed by atoms with Crippen molar-refractivity contribution in [2.24, 2.45) is 0 Å². The van der Waals surface area contributed by atoms with E-state index in [9.17, 15) is 4.79 Å². The minimum Gasteiger partial charge on any atom is -0.481 e. The zero-order valence-electron chi connectivity index (χ0n) is 9.02. The Bertz CT molecular complexity index is 385. The van der Waals surface area contributed by atoms with Crippen molar-refractivity contribution in [2.45, 2.75) is 25.3 Å². The molecule has 6 heteroatoms. The number of carboxylic acids is 1. The molecule has 88 valence electrons. The Morgan fingerprint density at radius 2 is 2.62 bits per heavy atom. The first-order valence-corrected chi connectivity index (χ1v) is 5.97. The Morgan fingerprint density at radius 3 is 3.25 bits per heavy atom. The van der Waals surface area contributed by atoms with Crippen LogP contribution in [0.2, 0.25) is 0 Å². The molecule has 0 amide bonds. The van der Waals surface area contributed by atoms with Crippen LogP contribution in [0.15, 0.2) is 5.38 Å². The Kier molecular flexibility index (Phi) is 3.11. The van der Waals surface area contributed by atoms with Gasteiger partial charge in [0.1, 0.15) is 0 Å². The number of thiazole rings is 1. The number of nitrogens with one attached hydrogen (secondary N) is 1. The molecule has 0 aliphatic carbocycles. The molecule has 1 aliphatic heterocycles. The second kappa shape index (κ2) is 4.39. The first kappa shape index (κ1) is 11.3. The van der Waals surface area contributed by atoms with Crippen LogP contribution in [-0.2, 0) is 16.0 Å². The van der Waals surface area contributed by atoms with Crippen LogP contribution in [-0.4, -0.2) is 34.8 Å². The van der Waals surface area contributed by atoms with Gasteiger partial charge < -0.3 is 15.2 Å². The lowest BCUT2D eigenvalue weighted by atomic mass is 10.0. The summed E-state index contributed by atoms with van der Waals surface area (Å²) in [6.07, 6.45) is 0.923. The summed E-state index contributed by atoms with van der Waals surface area (Å²) in [5, 5.41) is 14.5. The van der Waals surface area contributed by atoms with Crippen molar-refractivity contribution in [3.05, 3.63) is 11.1 Å². The number of carboxylic acid groups (broad SMARTS) is 1. The van der Waals surface area contributed by atoms with Crippen molar-refractivity contribution in [1.29, 1.82) is 0 Å². The van der Waals surface area contributed by atoms with Gasteiger partial charge in [0.25, 0.3) is 0 Å². The maximum Gasteiger partial charge on any atom is 0.309 e. The van der Waals surface area contributed by atoms with E-state index in [4.69, 9.17) is 9.84 Å². The Hall–Kier alpha value is -1.14. The number of aliphatic carboxylic acids is 1. The van der Waals surface area contributed by atoms with Crippen molar-refractivity contribution in [1.82, 2.24) is 4.98 Å². The molecule has 1 aromatic rings. The molecule has 1 fully saturated rings. The predicted molar refractivity (Wildman–Crippen MR) is 60.9 cm³/mol. The smallest absolute Gasteiger partial charge is 0.309 e. The first-order chi connectivity index (χ1) is 7.57. The molecular formula is C10H14N2O3S. The third-order valence-corrected chi connectivity index (χ3v) is 3.32. The van der Waals surface area contributed by atoms with E-state index >= 15 is 0 Å². The molecule has 0 bridgehead atoms. The summed E-state index contributed by atoms with van der Waals surface area (Å²) in [6, 6.07) is 0. The quantitative estimate of drug-likeness (QED) is 0.834. The number of ether oxygens (including phenoxy) is 1. The fourth-order valence-electron chi connectivity index (χ4n) is 1.62. The molecule has 0 aromatic carbocycles. The molecule has 1 saturated heterocycles. The maximum atomic E-state index is 10.5. The van der Waals surface area contributed by atoms with Gasteiger partial charge in [0.05, 0.1) is 24.3 Å². The van der Waals surface area contributed by atoms with Gasteiger partial charge in [-0.15, -0.1) is 11.3 Å². The van der Waals surface area contributed by atoms with E-state index in [-0.39, 0.29) is 12.0 Å². The van der Waals surface area contributed by atoms with Crippen molar-refractivity contribution in [2.75, 3.05) is 18.5 Å². The van der Waals surface area contributed by atoms with Crippen molar-refractivity contribution >= 4 is 22.4 Å². The minimum absolute atomic E-state index is 0.0224. The normalized spacial score (nSPS) is 24.6. The van der Waals surface area contributed by atoms with Crippen molar-refractivity contribution in [3.8, 4) is 0 Å². The highest BCUT2D eigenvalue weighted by Gasteiger charge is 2.30. The third-order valence-electron chi connectivity index (χ3n) is 2.51. The lowest BCUT2D eigenvalue weighted by Crippen LogP contribution is -2.34. The van der Waals surface area contributed by atoms with Crippen LogP contribution >= 0.6 is 11.3 Å². The Labute approximate surface area is 97.5 Å². The molecule has 0 radical (unpaired) electrons. The van der Waals surface area contributed by atoms with Gasteiger partial charge in [-0.3, -0.25) is 4.79 Å². The van der Waals surface area contributed by atoms with Gasteiger partial charge >= 0.3 is 5.97 Å². The minimum atomic E-state index is -0.854. The second-order valence-corrected chi connectivity index (χ2v) is 5.06. The maximum absolute atomic E-state index is 10.5. The standard InChI is InChI=1S/C10H14N2O3S/c1-10(2-3-15-6-10)12-9-11-7(5-16-9)4-8(13)14/h5H,2-4,6H2,1H3,(H,11,12)(H,13,14). The van der Waals surface area contributed by atoms with Gasteiger partial charge in [0.15, 0.2) is 5.13 Å². The summed E-state index contributed by atoms with van der Waals surface area (Å²) in [6.45, 7) is 3.51. The number of rotatable bonds is 4. The van der Waals surface area contributed by atoms with E-state index < -0.39 is 5.97 Å². The molecular weight excluding hydrogens is 228 g/mol. The van der Waals surface area contributed by atoms with Gasteiger partial charge in [0.2, 0.25) is 0 Å². The van der Waals surface area contributed by atoms with Crippen LogP contribution in [0.5, 0.6) is 0 Å². The monoisotopic (exact) mass is 242 g/mol. The molecule has 5 nitrogen and oxygen atoms in total. The van der Waals surface area contributed by atoms with E-state index in [1.54, 1.807) is 5.38 Å². The van der Waals surface area contributed by atoms with E-state index in [0.29, 0.717) is 12.3 Å². The van der Waals surface area contributed by atoms with Crippen molar-refractivity contribution in [3.63, 3.8) is 0 Å². The fourth-order valence-corrected chi connectivity index (χ4v) is 2.48. The molecule has 16 heavy (non-hydrogen) atoms. The van der Waals surface area contributed by atoms with E-state index in [0.717, 1.165) is 18.2 Å². The number of aromatic nitrogens is 1. The van der Waals surface area contributed by atoms with Crippen LogP contribution in [0.1, 0.15) is 19.0 Å². The third kappa shape index (κ3) is 2.70. The fraction of sp³-hybridized carbons (Fsp3) is 0.600. The van der Waals surface area contributed by atoms with Crippen LogP contribution in [0.25, 0.3) is 0 Å². The molecule has 2 N–H and O–H groups in total. The number of hydrogen-bond donors (Lipinski definition) is 2. The number of hydrogen-bond acceptors (Lipinski definition) is 5. The average molecular weight is 242 g/mol. The lowest BCUT2D eigenvalue weighted by molar-refractivity contribution is -0.136. The van der Waals surface area contributed by atoms with E-state index in [1.165, 1.54) is 11.3 Å². The number of nitrogens with zero attached hydrogens (tertiary/aromatic N) is 1. The SMILES string of the molecule is CC1(Nc2nc(CC(=O)O)cs2)CCOC1. The van der Waals surface area contributed by atoms with Gasteiger partial charge in [-0.05, 0) is 13.3 Å². The average Bonchev–Trinajstić information content (AvgIpc) is 2.75. The van der Waals surface area contributed by atoms with Crippen LogP contribution < -0.4 is 5.32 Å². The molecule has 0 spiro atoms. The van der Waals surface area contributed by atoms with Crippen LogP contribution in [0.4, 0.5) is 5.13 Å². The lowest BCUT2D eigenvalue weighted by Gasteiger charge is -2.22. The Morgan fingerprint density at radius 1 is 1.81 bits per heavy atom. The van der Waals surface area contributed by atoms with E-state index in [2.05, 4.69) is 17.2 Å². The van der Waals surface area contributed by atoms with Gasteiger partial charge in [-0.25, -0.2) is 4.98 Å². The van der Waals surface area contributed by atoms with Gasteiger partial charge in [0, 0.05) is 12.0 Å². The first-order valence-electron chi connectivity index (χ1n) is 5.10.